The van der Waals surface area contributed by atoms with E-state index in [2.05, 4.69) is 30.3 Å². The summed E-state index contributed by atoms with van der Waals surface area (Å²) in [6.45, 7) is 19.3. The molecule has 16 nitrogen and oxygen atoms in total. The second-order valence-electron chi connectivity index (χ2n) is 9.95. The van der Waals surface area contributed by atoms with Crippen LogP contribution in [0.1, 0.15) is 55.4 Å². The average Bonchev–Trinajstić information content (AvgIpc) is 3.15. The topological polar surface area (TPSA) is 223 Å². The number of hydrogen-bond acceptors (Lipinski definition) is 14. The molecule has 4 aromatic carbocycles. The Labute approximate surface area is 319 Å². The van der Waals surface area contributed by atoms with Crippen molar-refractivity contribution in [2.24, 2.45) is 20.5 Å². The standard InChI is InChI=1S/2C16H18N4O4.2C2H6.Co/c2*1-3-19(4-2)11-5-7-13(16(22)10-11)17-18-14-9-12(20(23)24)6-8-15(14)21;2*1-2;/h2*5-10,21-22H,3-4H2,1-2H3;2*1-2H3;. The first-order chi connectivity index (χ1) is 24.9. The number of non-ortho nitro benzene ring substituents is 2. The second-order valence-corrected chi connectivity index (χ2v) is 9.95. The fraction of sp³-hybridized carbons (Fsp3) is 0.333. The molecule has 0 fully saturated rings. The molecule has 0 atom stereocenters. The quantitative estimate of drug-likeness (QED) is 0.0604. The third-order valence-corrected chi connectivity index (χ3v) is 7.05. The predicted octanol–water partition coefficient (Wildman–Crippen LogP) is 10.6. The molecule has 0 amide bonds. The number of aromatic hydroxyl groups is 4. The van der Waals surface area contributed by atoms with E-state index in [9.17, 15) is 40.7 Å². The normalized spacial score (nSPS) is 10.1. The Morgan fingerprint density at radius 3 is 1.06 bits per heavy atom. The van der Waals surface area contributed by atoms with E-state index in [1.807, 2.05) is 55.4 Å². The van der Waals surface area contributed by atoms with Crippen LogP contribution in [0.4, 0.5) is 45.5 Å². The molecule has 53 heavy (non-hydrogen) atoms. The van der Waals surface area contributed by atoms with Gasteiger partial charge in [-0.3, -0.25) is 20.2 Å². The minimum absolute atomic E-state index is 0. The van der Waals surface area contributed by atoms with E-state index < -0.39 is 9.85 Å². The molecule has 289 valence electrons. The van der Waals surface area contributed by atoms with Crippen molar-refractivity contribution in [2.45, 2.75) is 55.4 Å². The molecule has 0 aliphatic carbocycles. The largest absolute Gasteiger partial charge is 0.506 e. The van der Waals surface area contributed by atoms with Gasteiger partial charge in [0.05, 0.1) is 9.85 Å². The van der Waals surface area contributed by atoms with Gasteiger partial charge in [-0.25, -0.2) is 0 Å². The third-order valence-electron chi connectivity index (χ3n) is 7.05. The van der Waals surface area contributed by atoms with E-state index in [0.717, 1.165) is 49.7 Å². The van der Waals surface area contributed by atoms with Crippen LogP contribution in [0.15, 0.2) is 93.3 Å². The summed E-state index contributed by atoms with van der Waals surface area (Å²) in [6, 6.07) is 16.9. The van der Waals surface area contributed by atoms with Gasteiger partial charge in [0.25, 0.3) is 11.4 Å². The molecule has 0 heterocycles. The van der Waals surface area contributed by atoms with E-state index in [4.69, 9.17) is 0 Å². The van der Waals surface area contributed by atoms with Crippen LogP contribution in [0.3, 0.4) is 0 Å². The van der Waals surface area contributed by atoms with Crippen LogP contribution in [0.5, 0.6) is 23.0 Å². The Morgan fingerprint density at radius 1 is 0.491 bits per heavy atom. The van der Waals surface area contributed by atoms with Crippen molar-refractivity contribution >= 4 is 45.5 Å². The minimum Gasteiger partial charge on any atom is -0.506 e. The molecule has 0 saturated heterocycles. The van der Waals surface area contributed by atoms with Crippen molar-refractivity contribution in [2.75, 3.05) is 36.0 Å². The number of rotatable bonds is 12. The van der Waals surface area contributed by atoms with Gasteiger partial charge in [0.2, 0.25) is 0 Å². The number of nitro groups is 2. The number of anilines is 2. The molecular weight excluding hydrogens is 731 g/mol. The molecule has 0 bridgehead atoms. The van der Waals surface area contributed by atoms with Crippen molar-refractivity contribution in [3.05, 3.63) is 93.0 Å². The maximum absolute atomic E-state index is 10.8. The first-order valence-corrected chi connectivity index (χ1v) is 16.9. The predicted molar refractivity (Wildman–Crippen MR) is 204 cm³/mol. The molecule has 0 aliphatic heterocycles. The number of phenols is 4. The summed E-state index contributed by atoms with van der Waals surface area (Å²) in [7, 11) is 0. The summed E-state index contributed by atoms with van der Waals surface area (Å²) < 4.78 is 0. The third kappa shape index (κ3) is 14.0. The van der Waals surface area contributed by atoms with Crippen molar-refractivity contribution in [1.82, 2.24) is 0 Å². The van der Waals surface area contributed by atoms with E-state index >= 15 is 0 Å². The summed E-state index contributed by atoms with van der Waals surface area (Å²) in [5.41, 5.74) is 1.62. The maximum Gasteiger partial charge on any atom is 0.271 e. The van der Waals surface area contributed by atoms with Crippen LogP contribution >= 0.6 is 0 Å². The van der Waals surface area contributed by atoms with Gasteiger partial charge in [0, 0.05) is 90.7 Å². The summed E-state index contributed by atoms with van der Waals surface area (Å²) in [5, 5.41) is 76.4. The molecule has 4 aromatic rings. The zero-order valence-corrected chi connectivity index (χ0v) is 32.1. The Hall–Kier alpha value is -5.81. The molecule has 0 aromatic heterocycles. The van der Waals surface area contributed by atoms with Crippen molar-refractivity contribution < 1.29 is 47.1 Å². The average molecular weight is 780 g/mol. The fourth-order valence-corrected chi connectivity index (χ4v) is 4.39. The molecule has 0 spiro atoms. The number of nitro benzene ring substituents is 2. The van der Waals surface area contributed by atoms with Crippen molar-refractivity contribution in [1.29, 1.82) is 0 Å². The summed E-state index contributed by atoms with van der Waals surface area (Å²) >= 11 is 0. The summed E-state index contributed by atoms with van der Waals surface area (Å²) in [6.07, 6.45) is 0. The van der Waals surface area contributed by atoms with Crippen LogP contribution in [0.2, 0.25) is 0 Å². The smallest absolute Gasteiger partial charge is 0.271 e. The maximum atomic E-state index is 10.8. The van der Waals surface area contributed by atoms with Crippen molar-refractivity contribution in [3.8, 4) is 23.0 Å². The molecular formula is C36H48CoN8O8. The number of hydrogen-bond donors (Lipinski definition) is 4. The number of benzene rings is 4. The number of phenolic OH excluding ortho intramolecular Hbond substituents is 4. The van der Waals surface area contributed by atoms with Crippen LogP contribution in [0.25, 0.3) is 0 Å². The van der Waals surface area contributed by atoms with E-state index in [1.54, 1.807) is 36.4 Å². The van der Waals surface area contributed by atoms with Crippen LogP contribution in [0, 0.1) is 20.2 Å². The van der Waals surface area contributed by atoms with Crippen LogP contribution in [-0.4, -0.2) is 56.5 Å². The van der Waals surface area contributed by atoms with E-state index in [0.29, 0.717) is 0 Å². The Kier molecular flexibility index (Phi) is 21.7. The summed E-state index contributed by atoms with van der Waals surface area (Å²) in [5.74, 6) is -0.589. The van der Waals surface area contributed by atoms with Gasteiger partial charge in [0.1, 0.15) is 45.7 Å². The Morgan fingerprint density at radius 2 is 0.792 bits per heavy atom. The Bertz CT molecular complexity index is 1690. The number of azo groups is 2. The fourth-order valence-electron chi connectivity index (χ4n) is 4.39. The van der Waals surface area contributed by atoms with Gasteiger partial charge < -0.3 is 30.2 Å². The van der Waals surface area contributed by atoms with E-state index in [1.165, 1.54) is 24.3 Å². The number of nitrogens with zero attached hydrogens (tertiary/aromatic N) is 8. The van der Waals surface area contributed by atoms with Crippen LogP contribution in [-0.2, 0) is 16.8 Å². The van der Waals surface area contributed by atoms with Gasteiger partial charge in [-0.15, -0.1) is 20.5 Å². The van der Waals surface area contributed by atoms with Gasteiger partial charge >= 0.3 is 0 Å². The van der Waals surface area contributed by atoms with Gasteiger partial charge in [-0.2, -0.15) is 0 Å². The van der Waals surface area contributed by atoms with Crippen molar-refractivity contribution in [3.63, 3.8) is 0 Å². The first kappa shape index (κ1) is 47.2. The zero-order valence-electron chi connectivity index (χ0n) is 31.1. The second kappa shape index (κ2) is 24.4. The zero-order chi connectivity index (χ0) is 39.4. The van der Waals surface area contributed by atoms with Gasteiger partial charge in [-0.1, -0.05) is 27.7 Å². The molecule has 1 radical (unpaired) electrons. The van der Waals surface area contributed by atoms with Gasteiger partial charge in [-0.05, 0) is 64.1 Å². The van der Waals surface area contributed by atoms with Gasteiger partial charge in [0.15, 0.2) is 0 Å². The molecule has 4 N–H and O–H groups in total. The molecule has 0 aliphatic rings. The first-order valence-electron chi connectivity index (χ1n) is 16.9. The SMILES string of the molecule is CC.CC.CCN(CC)c1ccc(N=Nc2cc([N+](=O)[O-])ccc2O)c(O)c1.CCN(CC)c1ccc(N=Nc2cc([N+](=O)[O-])ccc2O)c(O)c1.[Co]. The molecule has 0 saturated carbocycles. The monoisotopic (exact) mass is 779 g/mol. The molecule has 4 rings (SSSR count). The Balaban J connectivity index is 0.000000917. The van der Waals surface area contributed by atoms with Crippen LogP contribution < -0.4 is 9.80 Å². The minimum atomic E-state index is -0.588. The summed E-state index contributed by atoms with van der Waals surface area (Å²) in [4.78, 5) is 24.5. The molecule has 0 unspecified atom stereocenters. The molecule has 17 heteroatoms. The van der Waals surface area contributed by atoms with E-state index in [-0.39, 0.29) is 73.9 Å².